The van der Waals surface area contributed by atoms with Gasteiger partial charge in [0.1, 0.15) is 5.82 Å². The van der Waals surface area contributed by atoms with Gasteiger partial charge in [-0.25, -0.2) is 14.8 Å². The monoisotopic (exact) mass is 502 g/mol. The molecule has 37 heavy (non-hydrogen) atoms. The van der Waals surface area contributed by atoms with Crippen molar-refractivity contribution < 1.29 is 14.3 Å². The highest BCUT2D eigenvalue weighted by atomic mass is 16.5. The summed E-state index contributed by atoms with van der Waals surface area (Å²) in [6.07, 6.45) is 0.867. The molecule has 0 spiro atoms. The molecular formula is C28H34N6O3. The van der Waals surface area contributed by atoms with Crippen molar-refractivity contribution in [3.63, 3.8) is 0 Å². The molecule has 2 N–H and O–H groups in total. The molecule has 3 aromatic rings. The molecule has 2 fully saturated rings. The number of aromatic nitrogens is 2. The highest BCUT2D eigenvalue weighted by Crippen LogP contribution is 2.28. The first-order valence-corrected chi connectivity index (χ1v) is 13.0. The molecule has 0 radical (unpaired) electrons. The zero-order chi connectivity index (χ0) is 25.5. The fraction of sp³-hybridized carbons (Fsp3) is 0.393. The van der Waals surface area contributed by atoms with Gasteiger partial charge in [-0.1, -0.05) is 25.1 Å². The van der Waals surface area contributed by atoms with E-state index in [1.165, 1.54) is 5.56 Å². The van der Waals surface area contributed by atoms with E-state index in [0.29, 0.717) is 24.7 Å². The smallest absolute Gasteiger partial charge is 0.323 e. The maximum absolute atomic E-state index is 12.4. The second kappa shape index (κ2) is 12.1. The Kier molecular flexibility index (Phi) is 8.25. The topological polar surface area (TPSA) is 91.8 Å². The van der Waals surface area contributed by atoms with Crippen LogP contribution >= 0.6 is 0 Å². The van der Waals surface area contributed by atoms with E-state index in [-0.39, 0.29) is 6.03 Å². The molecule has 9 heteroatoms. The minimum absolute atomic E-state index is 0.287. The largest absolute Gasteiger partial charge is 0.379 e. The Morgan fingerprint density at radius 3 is 2.11 bits per heavy atom. The lowest BCUT2D eigenvalue weighted by atomic mass is 10.1. The second-order valence-corrected chi connectivity index (χ2v) is 9.16. The third-order valence-corrected chi connectivity index (χ3v) is 6.64. The van der Waals surface area contributed by atoms with Crippen LogP contribution in [0.1, 0.15) is 18.2 Å². The van der Waals surface area contributed by atoms with Crippen molar-refractivity contribution in [1.29, 1.82) is 0 Å². The number of urea groups is 1. The van der Waals surface area contributed by atoms with Crippen molar-refractivity contribution in [3.05, 3.63) is 65.9 Å². The predicted octanol–water partition coefficient (Wildman–Crippen LogP) is 4.02. The van der Waals surface area contributed by atoms with Crippen molar-refractivity contribution in [1.82, 2.24) is 14.9 Å². The number of ether oxygens (including phenoxy) is 2. The Morgan fingerprint density at radius 2 is 1.46 bits per heavy atom. The molecule has 9 nitrogen and oxygen atoms in total. The summed E-state index contributed by atoms with van der Waals surface area (Å²) in [4.78, 5) is 27.2. The molecular weight excluding hydrogens is 468 g/mol. The zero-order valence-corrected chi connectivity index (χ0v) is 21.3. The van der Waals surface area contributed by atoms with Gasteiger partial charge in [0.2, 0.25) is 0 Å². The Bertz CT molecular complexity index is 1180. The van der Waals surface area contributed by atoms with Crippen molar-refractivity contribution in [2.75, 3.05) is 68.1 Å². The molecule has 2 aliphatic rings. The average Bonchev–Trinajstić information content (AvgIpc) is 2.94. The number of hydrogen-bond acceptors (Lipinski definition) is 7. The van der Waals surface area contributed by atoms with Gasteiger partial charge in [0.15, 0.2) is 5.82 Å². The molecule has 0 aliphatic carbocycles. The minimum atomic E-state index is -0.287. The summed E-state index contributed by atoms with van der Waals surface area (Å²) in [5.74, 6) is 1.70. The molecule has 2 saturated heterocycles. The van der Waals surface area contributed by atoms with Gasteiger partial charge in [-0.05, 0) is 42.8 Å². The number of nitrogens with one attached hydrogen (secondary N) is 2. The maximum Gasteiger partial charge on any atom is 0.323 e. The summed E-state index contributed by atoms with van der Waals surface area (Å²) < 4.78 is 11.1. The molecule has 194 valence electrons. The summed E-state index contributed by atoms with van der Waals surface area (Å²) in [5, 5.41) is 5.72. The van der Waals surface area contributed by atoms with E-state index < -0.39 is 0 Å². The van der Waals surface area contributed by atoms with Gasteiger partial charge >= 0.3 is 6.03 Å². The van der Waals surface area contributed by atoms with Crippen LogP contribution in [0.15, 0.2) is 54.6 Å². The van der Waals surface area contributed by atoms with Crippen LogP contribution in [-0.2, 0) is 22.4 Å². The number of hydrogen-bond donors (Lipinski definition) is 2. The van der Waals surface area contributed by atoms with Gasteiger partial charge in [-0.15, -0.1) is 0 Å². The first kappa shape index (κ1) is 25.1. The predicted molar refractivity (Wildman–Crippen MR) is 145 cm³/mol. The first-order valence-electron chi connectivity index (χ1n) is 13.0. The Morgan fingerprint density at radius 1 is 0.838 bits per heavy atom. The van der Waals surface area contributed by atoms with E-state index in [1.807, 2.05) is 54.6 Å². The lowest BCUT2D eigenvalue weighted by molar-refractivity contribution is 0.0335. The van der Waals surface area contributed by atoms with Crippen molar-refractivity contribution >= 4 is 23.2 Å². The van der Waals surface area contributed by atoms with Crippen LogP contribution < -0.4 is 15.5 Å². The fourth-order valence-electron chi connectivity index (χ4n) is 4.66. The molecule has 0 saturated carbocycles. The van der Waals surface area contributed by atoms with Crippen LogP contribution in [-0.4, -0.2) is 73.5 Å². The molecule has 2 amide bonds. The Balaban J connectivity index is 1.39. The number of benzene rings is 2. The summed E-state index contributed by atoms with van der Waals surface area (Å²) in [6, 6.07) is 16.8. The van der Waals surface area contributed by atoms with Gasteiger partial charge in [0.05, 0.1) is 32.1 Å². The Hall–Kier alpha value is -3.53. The van der Waals surface area contributed by atoms with Gasteiger partial charge < -0.3 is 25.0 Å². The summed E-state index contributed by atoms with van der Waals surface area (Å²) >= 11 is 0. The molecule has 0 bridgehead atoms. The zero-order valence-electron chi connectivity index (χ0n) is 21.3. The van der Waals surface area contributed by atoms with E-state index >= 15 is 0 Å². The van der Waals surface area contributed by atoms with E-state index in [4.69, 9.17) is 19.4 Å². The average molecular weight is 503 g/mol. The number of nitrogens with zero attached hydrogens (tertiary/aromatic N) is 4. The van der Waals surface area contributed by atoms with Crippen LogP contribution in [0.4, 0.5) is 22.0 Å². The minimum Gasteiger partial charge on any atom is -0.379 e. The van der Waals surface area contributed by atoms with Crippen LogP contribution in [0.3, 0.4) is 0 Å². The van der Waals surface area contributed by atoms with E-state index in [2.05, 4.69) is 27.4 Å². The molecule has 0 atom stereocenters. The number of para-hydroxylation sites is 1. The highest BCUT2D eigenvalue weighted by Gasteiger charge is 2.23. The van der Waals surface area contributed by atoms with Gasteiger partial charge in [-0.3, -0.25) is 4.90 Å². The second-order valence-electron chi connectivity index (χ2n) is 9.16. The van der Waals surface area contributed by atoms with E-state index in [0.717, 1.165) is 75.1 Å². The third-order valence-electron chi connectivity index (χ3n) is 6.64. The van der Waals surface area contributed by atoms with Crippen molar-refractivity contribution in [3.8, 4) is 11.4 Å². The molecule has 3 heterocycles. The lowest BCUT2D eigenvalue weighted by Gasteiger charge is -2.32. The summed E-state index contributed by atoms with van der Waals surface area (Å²) in [5.41, 5.74) is 4.62. The number of carbonyl (C=O) groups excluding carboxylic acids is 1. The number of rotatable bonds is 7. The number of carbonyl (C=O) groups is 1. The number of amides is 2. The third kappa shape index (κ3) is 6.43. The summed E-state index contributed by atoms with van der Waals surface area (Å²) in [6.45, 7) is 9.30. The summed E-state index contributed by atoms with van der Waals surface area (Å²) in [7, 11) is 0. The highest BCUT2D eigenvalue weighted by molar-refractivity contribution is 5.99. The van der Waals surface area contributed by atoms with Gasteiger partial charge in [0, 0.05) is 55.2 Å². The van der Waals surface area contributed by atoms with Crippen LogP contribution in [0.2, 0.25) is 0 Å². The van der Waals surface area contributed by atoms with Crippen molar-refractivity contribution in [2.24, 2.45) is 0 Å². The standard InChI is InChI=1S/C28H34N6O3/c1-2-24-25(20-33-12-16-36-17-13-33)31-26(32-27(24)34-14-18-37-19-15-34)21-8-10-23(11-9-21)30-28(35)29-22-6-4-3-5-7-22/h3-11H,2,12-20H2,1H3,(H2,29,30,35). The van der Waals surface area contributed by atoms with Gasteiger partial charge in [-0.2, -0.15) is 0 Å². The van der Waals surface area contributed by atoms with Crippen molar-refractivity contribution in [2.45, 2.75) is 19.9 Å². The molecule has 0 unspecified atom stereocenters. The molecule has 2 aliphatic heterocycles. The van der Waals surface area contributed by atoms with Gasteiger partial charge in [0.25, 0.3) is 0 Å². The van der Waals surface area contributed by atoms with E-state index in [9.17, 15) is 4.79 Å². The maximum atomic E-state index is 12.4. The molecule has 5 rings (SSSR count). The first-order chi connectivity index (χ1) is 18.2. The number of morpholine rings is 2. The van der Waals surface area contributed by atoms with Crippen LogP contribution in [0.25, 0.3) is 11.4 Å². The quantitative estimate of drug-likeness (QED) is 0.504. The lowest BCUT2D eigenvalue weighted by Crippen LogP contribution is -2.39. The van der Waals surface area contributed by atoms with Crippen LogP contribution in [0, 0.1) is 0 Å². The number of anilines is 3. The fourth-order valence-corrected chi connectivity index (χ4v) is 4.66. The Labute approximate surface area is 217 Å². The SMILES string of the molecule is CCc1c(CN2CCOCC2)nc(-c2ccc(NC(=O)Nc3ccccc3)cc2)nc1N1CCOCC1. The normalized spacial score (nSPS) is 16.4. The molecule has 2 aromatic carbocycles. The molecule has 1 aromatic heterocycles. The van der Waals surface area contributed by atoms with Crippen LogP contribution in [0.5, 0.6) is 0 Å². The van der Waals surface area contributed by atoms with E-state index in [1.54, 1.807) is 0 Å².